The molecule has 1 heterocycles. The minimum Gasteiger partial charge on any atom is -0.399 e. The zero-order chi connectivity index (χ0) is 13.7. The largest absolute Gasteiger partial charge is 0.399 e. The second kappa shape index (κ2) is 6.78. The number of hydrogen-bond donors (Lipinski definition) is 1. The van der Waals surface area contributed by atoms with Gasteiger partial charge in [0.1, 0.15) is 0 Å². The first kappa shape index (κ1) is 14.2. The predicted octanol–water partition coefficient (Wildman–Crippen LogP) is 2.49. The van der Waals surface area contributed by atoms with Crippen LogP contribution in [0.3, 0.4) is 0 Å². The maximum absolute atomic E-state index is 5.83. The van der Waals surface area contributed by atoms with Gasteiger partial charge in [-0.05, 0) is 37.0 Å². The summed E-state index contributed by atoms with van der Waals surface area (Å²) in [7, 11) is 3.41. The van der Waals surface area contributed by atoms with Gasteiger partial charge in [0.2, 0.25) is 0 Å². The van der Waals surface area contributed by atoms with E-state index in [0.717, 1.165) is 25.2 Å². The standard InChI is InChI=1S/C15H24N2O2/c1-18-15(19-2)10-12-6-8-17(9-7-12)14-5-3-4-13(16)11-14/h3-5,11-12,15H,6-10,16H2,1-2H3. The Hall–Kier alpha value is -1.26. The molecule has 0 amide bonds. The van der Waals surface area contributed by atoms with Crippen LogP contribution in [0.1, 0.15) is 19.3 Å². The summed E-state index contributed by atoms with van der Waals surface area (Å²) in [6.45, 7) is 2.16. The van der Waals surface area contributed by atoms with Gasteiger partial charge >= 0.3 is 0 Å². The van der Waals surface area contributed by atoms with E-state index < -0.39 is 0 Å². The smallest absolute Gasteiger partial charge is 0.157 e. The van der Waals surface area contributed by atoms with Crippen molar-refractivity contribution in [3.8, 4) is 0 Å². The molecule has 0 aliphatic carbocycles. The lowest BCUT2D eigenvalue weighted by molar-refractivity contribution is -0.115. The molecule has 2 N–H and O–H groups in total. The molecule has 0 atom stereocenters. The molecule has 1 aliphatic rings. The van der Waals surface area contributed by atoms with Gasteiger partial charge in [0, 0.05) is 45.1 Å². The second-order valence-electron chi connectivity index (χ2n) is 5.16. The van der Waals surface area contributed by atoms with Crippen LogP contribution in [0.25, 0.3) is 0 Å². The van der Waals surface area contributed by atoms with Crippen molar-refractivity contribution in [1.82, 2.24) is 0 Å². The first-order valence-corrected chi connectivity index (χ1v) is 6.89. The van der Waals surface area contributed by atoms with Crippen LogP contribution in [-0.2, 0) is 9.47 Å². The van der Waals surface area contributed by atoms with Crippen molar-refractivity contribution in [3.05, 3.63) is 24.3 Å². The molecule has 1 saturated heterocycles. The average molecular weight is 264 g/mol. The van der Waals surface area contributed by atoms with E-state index in [-0.39, 0.29) is 6.29 Å². The molecule has 0 radical (unpaired) electrons. The van der Waals surface area contributed by atoms with E-state index in [1.807, 2.05) is 18.2 Å². The van der Waals surface area contributed by atoms with Crippen LogP contribution in [-0.4, -0.2) is 33.6 Å². The fraction of sp³-hybridized carbons (Fsp3) is 0.600. The Balaban J connectivity index is 1.85. The Labute approximate surface area is 115 Å². The summed E-state index contributed by atoms with van der Waals surface area (Å²) in [6.07, 6.45) is 3.28. The van der Waals surface area contributed by atoms with Crippen LogP contribution in [0.2, 0.25) is 0 Å². The molecule has 1 fully saturated rings. The lowest BCUT2D eigenvalue weighted by Crippen LogP contribution is -2.35. The van der Waals surface area contributed by atoms with Gasteiger partial charge in [0.05, 0.1) is 0 Å². The fourth-order valence-corrected chi connectivity index (χ4v) is 2.71. The topological polar surface area (TPSA) is 47.7 Å². The molecule has 0 saturated carbocycles. The minimum absolute atomic E-state index is 0.0658. The molecular formula is C15H24N2O2. The van der Waals surface area contributed by atoms with E-state index in [2.05, 4.69) is 11.0 Å². The van der Waals surface area contributed by atoms with Crippen molar-refractivity contribution in [2.24, 2.45) is 5.92 Å². The molecule has 0 aromatic heterocycles. The zero-order valence-corrected chi connectivity index (χ0v) is 11.8. The number of rotatable bonds is 5. The molecule has 0 bridgehead atoms. The first-order valence-electron chi connectivity index (χ1n) is 6.89. The van der Waals surface area contributed by atoms with E-state index in [1.165, 1.54) is 18.5 Å². The Bertz CT molecular complexity index is 385. The molecule has 0 spiro atoms. The zero-order valence-electron chi connectivity index (χ0n) is 11.8. The van der Waals surface area contributed by atoms with Crippen molar-refractivity contribution in [3.63, 3.8) is 0 Å². The van der Waals surface area contributed by atoms with Gasteiger partial charge in [-0.15, -0.1) is 0 Å². The fourth-order valence-electron chi connectivity index (χ4n) is 2.71. The third kappa shape index (κ3) is 3.85. The molecule has 1 aliphatic heterocycles. The number of hydrogen-bond acceptors (Lipinski definition) is 4. The van der Waals surface area contributed by atoms with Crippen LogP contribution < -0.4 is 10.6 Å². The summed E-state index contributed by atoms with van der Waals surface area (Å²) in [6, 6.07) is 8.12. The SMILES string of the molecule is COC(CC1CCN(c2cccc(N)c2)CC1)OC. The third-order valence-corrected chi connectivity index (χ3v) is 3.90. The van der Waals surface area contributed by atoms with Crippen LogP contribution >= 0.6 is 0 Å². The van der Waals surface area contributed by atoms with Crippen molar-refractivity contribution >= 4 is 11.4 Å². The number of methoxy groups -OCH3 is 2. The number of benzene rings is 1. The number of nitrogens with two attached hydrogens (primary N) is 1. The molecule has 0 unspecified atom stereocenters. The molecule has 19 heavy (non-hydrogen) atoms. The van der Waals surface area contributed by atoms with E-state index >= 15 is 0 Å². The van der Waals surface area contributed by atoms with Crippen LogP contribution in [0.5, 0.6) is 0 Å². The Morgan fingerprint density at radius 1 is 1.26 bits per heavy atom. The Morgan fingerprint density at radius 2 is 1.95 bits per heavy atom. The summed E-state index contributed by atoms with van der Waals surface area (Å²) in [5.74, 6) is 0.683. The van der Waals surface area contributed by atoms with Gasteiger partial charge in [-0.25, -0.2) is 0 Å². The highest BCUT2D eigenvalue weighted by Crippen LogP contribution is 2.27. The van der Waals surface area contributed by atoms with E-state index in [0.29, 0.717) is 5.92 Å². The van der Waals surface area contributed by atoms with Gasteiger partial charge in [-0.1, -0.05) is 6.07 Å². The normalized spacial score (nSPS) is 17.1. The van der Waals surface area contributed by atoms with Crippen molar-refractivity contribution in [1.29, 1.82) is 0 Å². The highest BCUT2D eigenvalue weighted by molar-refractivity contribution is 5.56. The summed E-state index contributed by atoms with van der Waals surface area (Å²) < 4.78 is 10.6. The molecule has 106 valence electrons. The first-order chi connectivity index (χ1) is 9.22. The molecule has 4 heteroatoms. The number of ether oxygens (including phenoxy) is 2. The van der Waals surface area contributed by atoms with E-state index in [4.69, 9.17) is 15.2 Å². The lowest BCUT2D eigenvalue weighted by Gasteiger charge is -2.34. The quantitative estimate of drug-likeness (QED) is 0.655. The molecule has 4 nitrogen and oxygen atoms in total. The van der Waals surface area contributed by atoms with Gasteiger partial charge in [-0.2, -0.15) is 0 Å². The van der Waals surface area contributed by atoms with Gasteiger partial charge in [0.15, 0.2) is 6.29 Å². The monoisotopic (exact) mass is 264 g/mol. The van der Waals surface area contributed by atoms with Gasteiger partial charge in [0.25, 0.3) is 0 Å². The van der Waals surface area contributed by atoms with Crippen molar-refractivity contribution in [2.45, 2.75) is 25.6 Å². The summed E-state index contributed by atoms with van der Waals surface area (Å²) in [5, 5.41) is 0. The molecule has 2 rings (SSSR count). The highest BCUT2D eigenvalue weighted by Gasteiger charge is 2.22. The van der Waals surface area contributed by atoms with Crippen LogP contribution in [0, 0.1) is 5.92 Å². The maximum atomic E-state index is 5.83. The summed E-state index contributed by atoms with van der Waals surface area (Å²) in [4.78, 5) is 2.40. The average Bonchev–Trinajstić information content (AvgIpc) is 2.45. The number of anilines is 2. The maximum Gasteiger partial charge on any atom is 0.157 e. The van der Waals surface area contributed by atoms with Gasteiger partial charge < -0.3 is 20.1 Å². The second-order valence-corrected chi connectivity index (χ2v) is 5.16. The Kier molecular flexibility index (Phi) is 5.05. The summed E-state index contributed by atoms with van der Waals surface area (Å²) in [5.41, 5.74) is 7.90. The van der Waals surface area contributed by atoms with Crippen LogP contribution in [0.15, 0.2) is 24.3 Å². The van der Waals surface area contributed by atoms with Crippen LogP contribution in [0.4, 0.5) is 11.4 Å². The third-order valence-electron chi connectivity index (χ3n) is 3.90. The van der Waals surface area contributed by atoms with Crippen molar-refractivity contribution < 1.29 is 9.47 Å². The van der Waals surface area contributed by atoms with E-state index in [1.54, 1.807) is 14.2 Å². The number of nitrogen functional groups attached to an aromatic ring is 1. The summed E-state index contributed by atoms with van der Waals surface area (Å²) >= 11 is 0. The Morgan fingerprint density at radius 3 is 2.53 bits per heavy atom. The minimum atomic E-state index is -0.0658. The number of piperidine rings is 1. The molecule has 1 aromatic rings. The van der Waals surface area contributed by atoms with E-state index in [9.17, 15) is 0 Å². The predicted molar refractivity (Wildman–Crippen MR) is 78.2 cm³/mol. The van der Waals surface area contributed by atoms with Gasteiger partial charge in [-0.3, -0.25) is 0 Å². The number of nitrogens with zero attached hydrogens (tertiary/aromatic N) is 1. The lowest BCUT2D eigenvalue weighted by atomic mass is 9.93. The molecule has 1 aromatic carbocycles. The molecular weight excluding hydrogens is 240 g/mol. The highest BCUT2D eigenvalue weighted by atomic mass is 16.7. The van der Waals surface area contributed by atoms with Crippen molar-refractivity contribution in [2.75, 3.05) is 37.9 Å².